The standard InChI is InChI=1S/C16H20ClFO2/c1-6-13(12(18)7-8-17)20-15(19)14-11(9-10(2)3)16(14,4)5/h1,7,9,11,13-14H,8H2,2-5H3/b12-7-. The molecule has 0 spiro atoms. The molecular formula is C16H20ClFO2. The molecule has 1 aliphatic rings. The van der Waals surface area contributed by atoms with E-state index in [1.165, 1.54) is 0 Å². The van der Waals surface area contributed by atoms with Crippen LogP contribution in [0.4, 0.5) is 4.39 Å². The number of terminal acetylenes is 1. The van der Waals surface area contributed by atoms with Crippen molar-refractivity contribution in [2.75, 3.05) is 5.88 Å². The zero-order valence-corrected chi connectivity index (χ0v) is 13.0. The van der Waals surface area contributed by atoms with Crippen molar-refractivity contribution in [1.29, 1.82) is 0 Å². The zero-order valence-electron chi connectivity index (χ0n) is 12.2. The summed E-state index contributed by atoms with van der Waals surface area (Å²) >= 11 is 5.40. The Morgan fingerprint density at radius 1 is 1.55 bits per heavy atom. The first-order chi connectivity index (χ1) is 9.25. The lowest BCUT2D eigenvalue weighted by Crippen LogP contribution is -2.20. The second kappa shape index (κ2) is 6.45. The minimum absolute atomic E-state index is 0.0170. The fraction of sp³-hybridized carbons (Fsp3) is 0.562. The Morgan fingerprint density at radius 2 is 2.15 bits per heavy atom. The molecule has 4 heteroatoms. The second-order valence-electron chi connectivity index (χ2n) is 5.80. The van der Waals surface area contributed by atoms with Gasteiger partial charge in [0.1, 0.15) is 0 Å². The Hall–Kier alpha value is -1.27. The smallest absolute Gasteiger partial charge is 0.311 e. The van der Waals surface area contributed by atoms with E-state index in [4.69, 9.17) is 22.8 Å². The highest BCUT2D eigenvalue weighted by molar-refractivity contribution is 6.18. The summed E-state index contributed by atoms with van der Waals surface area (Å²) in [5, 5.41) is 0. The highest BCUT2D eigenvalue weighted by Gasteiger charge is 2.61. The minimum Gasteiger partial charge on any atom is -0.441 e. The molecule has 1 saturated carbocycles. The number of hydrogen-bond acceptors (Lipinski definition) is 2. The van der Waals surface area contributed by atoms with E-state index in [0.717, 1.165) is 11.6 Å². The summed E-state index contributed by atoms with van der Waals surface area (Å²) in [5.41, 5.74) is 0.959. The largest absolute Gasteiger partial charge is 0.441 e. The molecule has 3 unspecified atom stereocenters. The molecule has 0 radical (unpaired) electrons. The maximum atomic E-state index is 13.6. The molecule has 0 N–H and O–H groups in total. The first kappa shape index (κ1) is 16.8. The molecule has 0 aromatic carbocycles. The number of carbonyl (C=O) groups excluding carboxylic acids is 1. The van der Waals surface area contributed by atoms with Gasteiger partial charge in [-0.1, -0.05) is 31.4 Å². The van der Waals surface area contributed by atoms with Crippen molar-refractivity contribution >= 4 is 17.6 Å². The van der Waals surface area contributed by atoms with Gasteiger partial charge in [-0.15, -0.1) is 18.0 Å². The molecule has 0 aromatic heterocycles. The van der Waals surface area contributed by atoms with Gasteiger partial charge in [0.15, 0.2) is 5.83 Å². The van der Waals surface area contributed by atoms with E-state index in [2.05, 4.69) is 5.92 Å². The van der Waals surface area contributed by atoms with Crippen molar-refractivity contribution in [3.05, 3.63) is 23.6 Å². The molecule has 0 saturated heterocycles. The van der Waals surface area contributed by atoms with Gasteiger partial charge in [0.05, 0.1) is 5.92 Å². The zero-order chi connectivity index (χ0) is 15.5. The average Bonchev–Trinajstić information content (AvgIpc) is 2.86. The maximum Gasteiger partial charge on any atom is 0.311 e. The van der Waals surface area contributed by atoms with Crippen molar-refractivity contribution < 1.29 is 13.9 Å². The monoisotopic (exact) mass is 298 g/mol. The quantitative estimate of drug-likeness (QED) is 0.333. The van der Waals surface area contributed by atoms with Crippen LogP contribution in [0.1, 0.15) is 27.7 Å². The predicted octanol–water partition coefficient (Wildman–Crippen LogP) is 3.86. The van der Waals surface area contributed by atoms with E-state index in [-0.39, 0.29) is 23.1 Å². The fourth-order valence-corrected chi connectivity index (χ4v) is 2.49. The van der Waals surface area contributed by atoms with E-state index in [9.17, 15) is 9.18 Å². The van der Waals surface area contributed by atoms with Gasteiger partial charge in [-0.3, -0.25) is 4.79 Å². The van der Waals surface area contributed by atoms with Gasteiger partial charge in [0.25, 0.3) is 0 Å². The van der Waals surface area contributed by atoms with E-state index in [1.807, 2.05) is 33.8 Å². The van der Waals surface area contributed by atoms with Gasteiger partial charge in [-0.2, -0.15) is 0 Å². The van der Waals surface area contributed by atoms with Gasteiger partial charge < -0.3 is 4.74 Å². The number of carbonyl (C=O) groups is 1. The average molecular weight is 299 g/mol. The van der Waals surface area contributed by atoms with Crippen molar-refractivity contribution in [2.24, 2.45) is 17.3 Å². The van der Waals surface area contributed by atoms with E-state index < -0.39 is 17.9 Å². The summed E-state index contributed by atoms with van der Waals surface area (Å²) in [6.45, 7) is 7.92. The SMILES string of the molecule is C#CC(OC(=O)C1C(C=C(C)C)C1(C)C)/C(F)=C/CCl. The summed E-state index contributed by atoms with van der Waals surface area (Å²) in [7, 11) is 0. The van der Waals surface area contributed by atoms with Gasteiger partial charge >= 0.3 is 5.97 Å². The number of allylic oxidation sites excluding steroid dienone is 3. The van der Waals surface area contributed by atoms with E-state index in [0.29, 0.717) is 0 Å². The van der Waals surface area contributed by atoms with Gasteiger partial charge in [0, 0.05) is 5.88 Å². The van der Waals surface area contributed by atoms with Crippen LogP contribution in [0, 0.1) is 29.6 Å². The summed E-state index contributed by atoms with van der Waals surface area (Å²) in [6, 6.07) is 0. The number of rotatable bonds is 5. The predicted molar refractivity (Wildman–Crippen MR) is 78.8 cm³/mol. The van der Waals surface area contributed by atoms with Crippen LogP contribution >= 0.6 is 11.6 Å². The molecule has 0 amide bonds. The van der Waals surface area contributed by atoms with Gasteiger partial charge in [-0.05, 0) is 31.3 Å². The molecule has 0 aliphatic heterocycles. The summed E-state index contributed by atoms with van der Waals surface area (Å²) in [4.78, 5) is 12.1. The Labute approximate surface area is 125 Å². The van der Waals surface area contributed by atoms with Crippen molar-refractivity contribution in [3.63, 3.8) is 0 Å². The topological polar surface area (TPSA) is 26.3 Å². The van der Waals surface area contributed by atoms with Crippen molar-refractivity contribution in [1.82, 2.24) is 0 Å². The third-order valence-corrected chi connectivity index (χ3v) is 3.74. The molecule has 1 aliphatic carbocycles. The fourth-order valence-electron chi connectivity index (χ4n) is 2.34. The van der Waals surface area contributed by atoms with Crippen LogP contribution in [0.15, 0.2) is 23.6 Å². The van der Waals surface area contributed by atoms with Crippen LogP contribution < -0.4 is 0 Å². The summed E-state index contributed by atoms with van der Waals surface area (Å²) in [6.07, 6.45) is 7.05. The first-order valence-corrected chi connectivity index (χ1v) is 7.02. The second-order valence-corrected chi connectivity index (χ2v) is 6.10. The molecular weight excluding hydrogens is 279 g/mol. The highest BCUT2D eigenvalue weighted by atomic mass is 35.5. The molecule has 110 valence electrons. The maximum absolute atomic E-state index is 13.6. The lowest BCUT2D eigenvalue weighted by atomic mass is 10.1. The molecule has 1 fully saturated rings. The number of ether oxygens (including phenoxy) is 1. The third kappa shape index (κ3) is 3.64. The van der Waals surface area contributed by atoms with Crippen LogP contribution in [0.25, 0.3) is 0 Å². The lowest BCUT2D eigenvalue weighted by Gasteiger charge is -2.11. The molecule has 1 rings (SSSR count). The molecule has 0 bridgehead atoms. The number of hydrogen-bond donors (Lipinski definition) is 0. The Kier molecular flexibility index (Phi) is 5.42. The number of alkyl halides is 1. The molecule has 20 heavy (non-hydrogen) atoms. The molecule has 0 aromatic rings. The Balaban J connectivity index is 2.76. The number of esters is 1. The van der Waals surface area contributed by atoms with Gasteiger partial charge in [-0.25, -0.2) is 4.39 Å². The summed E-state index contributed by atoms with van der Waals surface area (Å²) < 4.78 is 18.6. The molecule has 3 atom stereocenters. The van der Waals surface area contributed by atoms with E-state index in [1.54, 1.807) is 0 Å². The highest BCUT2D eigenvalue weighted by Crippen LogP contribution is 2.59. The Morgan fingerprint density at radius 3 is 2.60 bits per heavy atom. The summed E-state index contributed by atoms with van der Waals surface area (Å²) in [5.74, 6) is 0.774. The van der Waals surface area contributed by atoms with Crippen LogP contribution in [0.2, 0.25) is 0 Å². The lowest BCUT2D eigenvalue weighted by molar-refractivity contribution is -0.148. The van der Waals surface area contributed by atoms with Crippen LogP contribution in [-0.4, -0.2) is 18.0 Å². The van der Waals surface area contributed by atoms with Crippen molar-refractivity contribution in [2.45, 2.75) is 33.8 Å². The molecule has 2 nitrogen and oxygen atoms in total. The van der Waals surface area contributed by atoms with E-state index >= 15 is 0 Å². The van der Waals surface area contributed by atoms with Crippen molar-refractivity contribution in [3.8, 4) is 12.3 Å². The third-order valence-electron chi connectivity index (χ3n) is 3.59. The van der Waals surface area contributed by atoms with Crippen LogP contribution in [0.5, 0.6) is 0 Å². The van der Waals surface area contributed by atoms with Crippen LogP contribution in [0.3, 0.4) is 0 Å². The normalized spacial score (nSPS) is 25.4. The van der Waals surface area contributed by atoms with Crippen LogP contribution in [-0.2, 0) is 9.53 Å². The molecule has 0 heterocycles. The Bertz CT molecular complexity index is 481. The first-order valence-electron chi connectivity index (χ1n) is 6.48. The number of halogens is 2. The minimum atomic E-state index is -1.29. The van der Waals surface area contributed by atoms with Gasteiger partial charge in [0.2, 0.25) is 6.10 Å².